The Balaban J connectivity index is 0.706. The lowest BCUT2D eigenvalue weighted by Gasteiger charge is -2.14. The number of para-hydroxylation sites is 2. The summed E-state index contributed by atoms with van der Waals surface area (Å²) in [5, 5.41) is 16.1. The highest BCUT2D eigenvalue weighted by atomic mass is 16.3. The van der Waals surface area contributed by atoms with Gasteiger partial charge in [-0.3, -0.25) is 0 Å². The van der Waals surface area contributed by atoms with Gasteiger partial charge >= 0.3 is 0 Å². The second-order valence-corrected chi connectivity index (χ2v) is 24.6. The predicted molar refractivity (Wildman–Crippen MR) is 388 cm³/mol. The largest absolute Gasteiger partial charge is 0.456 e. The zero-order valence-electron chi connectivity index (χ0n) is 50.5. The van der Waals surface area contributed by atoms with Crippen LogP contribution < -0.4 is 0 Å². The molecule has 0 aliphatic rings. The second kappa shape index (κ2) is 20.4. The third-order valence-electron chi connectivity index (χ3n) is 19.3. The number of hydrogen-bond acceptors (Lipinski definition) is 5. The van der Waals surface area contributed by atoms with E-state index in [2.05, 4.69) is 276 Å². The van der Waals surface area contributed by atoms with Gasteiger partial charge in [0.2, 0.25) is 0 Å². The summed E-state index contributed by atoms with van der Waals surface area (Å²) < 4.78 is 18.3. The van der Waals surface area contributed by atoms with Crippen molar-refractivity contribution in [2.24, 2.45) is 0 Å². The summed E-state index contributed by atoms with van der Waals surface area (Å²) in [5.74, 6) is 1.64. The van der Waals surface area contributed by atoms with E-state index in [0.717, 1.165) is 116 Å². The summed E-state index contributed by atoms with van der Waals surface area (Å²) in [6, 6.07) is 111. The topological polar surface area (TPSA) is 74.8 Å². The van der Waals surface area contributed by atoms with Crippen LogP contribution in [0.5, 0.6) is 0 Å². The van der Waals surface area contributed by atoms with Crippen LogP contribution in [0.2, 0.25) is 0 Å². The van der Waals surface area contributed by atoms with Crippen LogP contribution in [0.3, 0.4) is 0 Å². The molecule has 0 bridgehead atoms. The zero-order valence-corrected chi connectivity index (χ0v) is 50.5. The van der Waals surface area contributed by atoms with E-state index in [4.69, 9.17) is 23.8 Å². The maximum absolute atomic E-state index is 6.74. The standard InChI is InChI=1S/C87H51N5O2/c1-3-18-52(19-4-1)54-22-15-23-59(46-54)91-75-32-13-11-28-66(75)71-47-55(36-42-77(71)91)57-38-44-79-73(49-57)83-68(30-16-34-81(83)93-79)86-88-85(53-20-5-2-6-21-53)89-87(90-86)69-31-17-35-82-84(69)74-50-58(39-45-80(74)94-82)56-37-43-78-72(48-56)67-29-12-14-33-76(67)92(78)60-40-41-65-63-26-8-7-24-61(63)62-25-9-10-27-64(62)70(65)51-60/h1-51H. The van der Waals surface area contributed by atoms with Crippen LogP contribution in [0.15, 0.2) is 318 Å². The van der Waals surface area contributed by atoms with E-state index in [1.165, 1.54) is 65.0 Å². The van der Waals surface area contributed by atoms with Crippen molar-refractivity contribution in [3.63, 3.8) is 0 Å². The van der Waals surface area contributed by atoms with Crippen molar-refractivity contribution >= 4 is 120 Å². The molecule has 7 heteroatoms. The molecule has 0 radical (unpaired) electrons. The predicted octanol–water partition coefficient (Wildman–Crippen LogP) is 23.3. The van der Waals surface area contributed by atoms with Gasteiger partial charge in [0.1, 0.15) is 22.3 Å². The quantitative estimate of drug-likeness (QED) is 0.142. The lowest BCUT2D eigenvalue weighted by molar-refractivity contribution is 0.668. The van der Waals surface area contributed by atoms with Crippen molar-refractivity contribution in [1.29, 1.82) is 0 Å². The van der Waals surface area contributed by atoms with Crippen molar-refractivity contribution in [3.8, 4) is 78.9 Å². The van der Waals surface area contributed by atoms with Gasteiger partial charge in [-0.15, -0.1) is 0 Å². The maximum atomic E-state index is 6.74. The van der Waals surface area contributed by atoms with Gasteiger partial charge in [0.15, 0.2) is 17.5 Å². The molecule has 0 saturated heterocycles. The van der Waals surface area contributed by atoms with Crippen LogP contribution in [0.25, 0.3) is 199 Å². The van der Waals surface area contributed by atoms with Crippen LogP contribution in [-0.4, -0.2) is 24.1 Å². The minimum Gasteiger partial charge on any atom is -0.456 e. The molecule has 0 N–H and O–H groups in total. The van der Waals surface area contributed by atoms with E-state index in [-0.39, 0.29) is 0 Å². The Morgan fingerprint density at radius 1 is 0.202 bits per heavy atom. The first-order chi connectivity index (χ1) is 46.6. The molecule has 0 spiro atoms. The third-order valence-corrected chi connectivity index (χ3v) is 19.3. The van der Waals surface area contributed by atoms with Gasteiger partial charge in [0, 0.05) is 71.2 Å². The highest BCUT2D eigenvalue weighted by molar-refractivity contribution is 6.26. The number of aromatic nitrogens is 5. The zero-order chi connectivity index (χ0) is 61.5. The van der Waals surface area contributed by atoms with E-state index in [1.54, 1.807) is 0 Å². The smallest absolute Gasteiger partial charge is 0.164 e. The molecule has 0 saturated carbocycles. The Kier molecular flexibility index (Phi) is 11.3. The molecule has 7 nitrogen and oxygen atoms in total. The van der Waals surface area contributed by atoms with E-state index in [0.29, 0.717) is 17.5 Å². The number of fused-ring (bicyclic) bond motifs is 18. The Morgan fingerprint density at radius 3 is 1.12 bits per heavy atom. The molecule has 0 unspecified atom stereocenters. The van der Waals surface area contributed by atoms with E-state index in [9.17, 15) is 0 Å². The molecule has 5 aromatic heterocycles. The van der Waals surface area contributed by atoms with Gasteiger partial charge < -0.3 is 18.0 Å². The fraction of sp³-hybridized carbons (Fsp3) is 0. The summed E-state index contributed by atoms with van der Waals surface area (Å²) in [6.07, 6.45) is 0. The van der Waals surface area contributed by atoms with Gasteiger partial charge in [-0.1, -0.05) is 212 Å². The summed E-state index contributed by atoms with van der Waals surface area (Å²) >= 11 is 0. The molecule has 94 heavy (non-hydrogen) atoms. The Hall–Kier alpha value is -12.7. The number of rotatable bonds is 8. The molecule has 0 aliphatic carbocycles. The summed E-state index contributed by atoms with van der Waals surface area (Å²) in [6.45, 7) is 0. The van der Waals surface area contributed by atoms with Crippen LogP contribution in [0.4, 0.5) is 0 Å². The molecular formula is C87H51N5O2. The Labute approximate surface area is 537 Å². The molecule has 0 fully saturated rings. The van der Waals surface area contributed by atoms with Gasteiger partial charge in [-0.2, -0.15) is 0 Å². The van der Waals surface area contributed by atoms with Crippen molar-refractivity contribution in [2.75, 3.05) is 0 Å². The van der Waals surface area contributed by atoms with Crippen molar-refractivity contribution in [2.45, 2.75) is 0 Å². The van der Waals surface area contributed by atoms with Crippen molar-refractivity contribution in [3.05, 3.63) is 309 Å². The third kappa shape index (κ3) is 8.01. The highest BCUT2D eigenvalue weighted by Crippen LogP contribution is 2.45. The number of hydrogen-bond donors (Lipinski definition) is 0. The summed E-state index contributed by atoms with van der Waals surface area (Å²) in [7, 11) is 0. The average molecular weight is 1200 g/mol. The first-order valence-electron chi connectivity index (χ1n) is 31.9. The fourth-order valence-electron chi connectivity index (χ4n) is 15.1. The molecule has 0 atom stereocenters. The average Bonchev–Trinajstić information content (AvgIpc) is 1.39. The second-order valence-electron chi connectivity index (χ2n) is 24.6. The molecule has 5 heterocycles. The highest BCUT2D eigenvalue weighted by Gasteiger charge is 2.23. The monoisotopic (exact) mass is 1200 g/mol. The summed E-state index contributed by atoms with van der Waals surface area (Å²) in [4.78, 5) is 16.1. The van der Waals surface area contributed by atoms with Crippen LogP contribution in [0, 0.1) is 0 Å². The number of benzene rings is 15. The van der Waals surface area contributed by atoms with Crippen LogP contribution in [-0.2, 0) is 0 Å². The SMILES string of the molecule is c1ccc(-c2cccc(-n3c4ccccc4c4cc(-c5ccc6oc7cccc(-c8nc(-c9ccccc9)nc(-c9cccc%10oc%11ccc(-c%12ccc%13c(c%12)c%12ccccc%12n%13-c%12ccc%13c%14ccccc%14c%14ccccc%14c%13c%12)cc%11c9%10)n8)c7c6c5)ccc43)c2)cc1. The van der Waals surface area contributed by atoms with Crippen LogP contribution in [0.1, 0.15) is 0 Å². The Bertz CT molecular complexity index is 6510. The lowest BCUT2D eigenvalue weighted by Crippen LogP contribution is -2.00. The van der Waals surface area contributed by atoms with Gasteiger partial charge in [0.25, 0.3) is 0 Å². The van der Waals surface area contributed by atoms with E-state index in [1.807, 2.05) is 42.5 Å². The maximum Gasteiger partial charge on any atom is 0.164 e. The normalized spacial score (nSPS) is 12.0. The fourth-order valence-corrected chi connectivity index (χ4v) is 15.1. The van der Waals surface area contributed by atoms with Crippen molar-refractivity contribution in [1.82, 2.24) is 24.1 Å². The molecule has 436 valence electrons. The minimum absolute atomic E-state index is 0.538. The summed E-state index contributed by atoms with van der Waals surface area (Å²) in [5.41, 5.74) is 19.2. The van der Waals surface area contributed by atoms with Gasteiger partial charge in [-0.25, -0.2) is 15.0 Å². The van der Waals surface area contributed by atoms with Gasteiger partial charge in [-0.05, 0) is 163 Å². The van der Waals surface area contributed by atoms with Crippen LogP contribution >= 0.6 is 0 Å². The first-order valence-corrected chi connectivity index (χ1v) is 31.9. The first kappa shape index (κ1) is 52.1. The lowest BCUT2D eigenvalue weighted by atomic mass is 9.94. The molecule has 0 amide bonds. The minimum atomic E-state index is 0.538. The van der Waals surface area contributed by atoms with E-state index < -0.39 is 0 Å². The molecule has 20 aromatic rings. The van der Waals surface area contributed by atoms with Gasteiger partial charge in [0.05, 0.1) is 22.1 Å². The number of furan rings is 2. The molecule has 20 rings (SSSR count). The molecule has 15 aromatic carbocycles. The molecule has 0 aliphatic heterocycles. The van der Waals surface area contributed by atoms with Crippen molar-refractivity contribution < 1.29 is 8.83 Å². The Morgan fingerprint density at radius 2 is 0.585 bits per heavy atom. The number of nitrogens with zero attached hydrogens (tertiary/aromatic N) is 5. The molecular weight excluding hydrogens is 1150 g/mol. The van der Waals surface area contributed by atoms with E-state index >= 15 is 0 Å².